The molecular formula is C15H31NO. The minimum Gasteiger partial charge on any atom is -0.393 e. The van der Waals surface area contributed by atoms with E-state index >= 15 is 0 Å². The third-order valence-electron chi connectivity index (χ3n) is 4.15. The predicted molar refractivity (Wildman–Crippen MR) is 74.2 cm³/mol. The zero-order valence-electron chi connectivity index (χ0n) is 12.0. The fourth-order valence-corrected chi connectivity index (χ4v) is 2.85. The van der Waals surface area contributed by atoms with Crippen LogP contribution in [0.4, 0.5) is 0 Å². The number of aliphatic hydroxyl groups excluding tert-OH is 1. The van der Waals surface area contributed by atoms with Crippen LogP contribution in [-0.4, -0.2) is 35.7 Å². The second-order valence-electron chi connectivity index (χ2n) is 6.12. The standard InChI is InChI=1S/C15H31NO/c1-13(2)15-8-6-11-16(12-9-15)10-5-4-7-14(3)17/h13-15,17H,4-12H2,1-3H3. The molecule has 2 unspecified atom stereocenters. The van der Waals surface area contributed by atoms with Crippen molar-refractivity contribution in [2.45, 2.75) is 65.4 Å². The first-order valence-electron chi connectivity index (χ1n) is 7.50. The molecule has 2 atom stereocenters. The molecule has 0 spiro atoms. The van der Waals surface area contributed by atoms with E-state index < -0.39 is 0 Å². The van der Waals surface area contributed by atoms with Gasteiger partial charge in [0, 0.05) is 0 Å². The third kappa shape index (κ3) is 6.42. The molecule has 1 N–H and O–H groups in total. The third-order valence-corrected chi connectivity index (χ3v) is 4.15. The van der Waals surface area contributed by atoms with Crippen LogP contribution in [-0.2, 0) is 0 Å². The lowest BCUT2D eigenvalue weighted by atomic mass is 9.89. The predicted octanol–water partition coefficient (Wildman–Crippen LogP) is 3.30. The van der Waals surface area contributed by atoms with Crippen LogP contribution in [0.1, 0.15) is 59.3 Å². The van der Waals surface area contributed by atoms with Gasteiger partial charge in [-0.2, -0.15) is 0 Å². The fraction of sp³-hybridized carbons (Fsp3) is 1.00. The van der Waals surface area contributed by atoms with Gasteiger partial charge in [0.1, 0.15) is 0 Å². The Morgan fingerprint density at radius 2 is 1.88 bits per heavy atom. The van der Waals surface area contributed by atoms with Gasteiger partial charge in [-0.05, 0) is 76.9 Å². The fourth-order valence-electron chi connectivity index (χ4n) is 2.85. The second kappa shape index (κ2) is 8.10. The van der Waals surface area contributed by atoms with Crippen molar-refractivity contribution in [3.63, 3.8) is 0 Å². The van der Waals surface area contributed by atoms with Crippen LogP contribution < -0.4 is 0 Å². The molecule has 1 heterocycles. The van der Waals surface area contributed by atoms with Crippen LogP contribution in [0, 0.1) is 11.8 Å². The van der Waals surface area contributed by atoms with Gasteiger partial charge >= 0.3 is 0 Å². The van der Waals surface area contributed by atoms with Crippen molar-refractivity contribution in [3.8, 4) is 0 Å². The minimum atomic E-state index is -0.121. The van der Waals surface area contributed by atoms with E-state index in [1.807, 2.05) is 6.92 Å². The molecule has 1 saturated heterocycles. The van der Waals surface area contributed by atoms with Crippen LogP contribution in [0.2, 0.25) is 0 Å². The molecule has 17 heavy (non-hydrogen) atoms. The molecule has 2 heteroatoms. The van der Waals surface area contributed by atoms with Gasteiger partial charge in [-0.1, -0.05) is 13.8 Å². The number of aliphatic hydroxyl groups is 1. The number of hydrogen-bond donors (Lipinski definition) is 1. The summed E-state index contributed by atoms with van der Waals surface area (Å²) in [6.07, 6.45) is 7.43. The van der Waals surface area contributed by atoms with E-state index in [4.69, 9.17) is 0 Å². The Morgan fingerprint density at radius 3 is 2.53 bits per heavy atom. The Hall–Kier alpha value is -0.0800. The molecule has 0 aromatic carbocycles. The summed E-state index contributed by atoms with van der Waals surface area (Å²) in [7, 11) is 0. The molecule has 1 aliphatic heterocycles. The van der Waals surface area contributed by atoms with Gasteiger partial charge in [0.25, 0.3) is 0 Å². The largest absolute Gasteiger partial charge is 0.393 e. The van der Waals surface area contributed by atoms with E-state index in [0.29, 0.717) is 0 Å². The molecule has 0 amide bonds. The van der Waals surface area contributed by atoms with E-state index in [-0.39, 0.29) is 6.10 Å². The van der Waals surface area contributed by atoms with E-state index in [0.717, 1.165) is 18.3 Å². The number of hydrogen-bond acceptors (Lipinski definition) is 2. The SMILES string of the molecule is CC(O)CCCCN1CCCC(C(C)C)CC1. The Labute approximate surface area is 107 Å². The van der Waals surface area contributed by atoms with Crippen molar-refractivity contribution >= 4 is 0 Å². The highest BCUT2D eigenvalue weighted by atomic mass is 16.3. The summed E-state index contributed by atoms with van der Waals surface area (Å²) >= 11 is 0. The molecule has 1 fully saturated rings. The number of unbranched alkanes of at least 4 members (excludes halogenated alkanes) is 1. The van der Waals surface area contributed by atoms with Gasteiger partial charge in [0.2, 0.25) is 0 Å². The minimum absolute atomic E-state index is 0.121. The van der Waals surface area contributed by atoms with E-state index in [1.165, 1.54) is 51.7 Å². The van der Waals surface area contributed by atoms with Gasteiger partial charge in [-0.15, -0.1) is 0 Å². The maximum atomic E-state index is 9.22. The first-order valence-corrected chi connectivity index (χ1v) is 7.50. The lowest BCUT2D eigenvalue weighted by Crippen LogP contribution is -2.26. The molecule has 0 saturated carbocycles. The van der Waals surface area contributed by atoms with Crippen LogP contribution in [0.15, 0.2) is 0 Å². The van der Waals surface area contributed by atoms with Crippen molar-refractivity contribution in [1.29, 1.82) is 0 Å². The Bertz CT molecular complexity index is 191. The van der Waals surface area contributed by atoms with Crippen molar-refractivity contribution in [3.05, 3.63) is 0 Å². The lowest BCUT2D eigenvalue weighted by molar-refractivity contribution is 0.177. The lowest BCUT2D eigenvalue weighted by Gasteiger charge is -2.21. The molecular weight excluding hydrogens is 210 g/mol. The molecule has 0 aromatic rings. The second-order valence-corrected chi connectivity index (χ2v) is 6.12. The summed E-state index contributed by atoms with van der Waals surface area (Å²) in [5.41, 5.74) is 0. The van der Waals surface area contributed by atoms with Crippen LogP contribution in [0.5, 0.6) is 0 Å². The van der Waals surface area contributed by atoms with E-state index in [2.05, 4.69) is 18.7 Å². The number of rotatable bonds is 6. The smallest absolute Gasteiger partial charge is 0.0512 e. The average molecular weight is 241 g/mol. The summed E-state index contributed by atoms with van der Waals surface area (Å²) in [6, 6.07) is 0. The molecule has 102 valence electrons. The topological polar surface area (TPSA) is 23.5 Å². The average Bonchev–Trinajstić information content (AvgIpc) is 2.49. The summed E-state index contributed by atoms with van der Waals surface area (Å²) in [5, 5.41) is 9.22. The van der Waals surface area contributed by atoms with Crippen LogP contribution in [0.3, 0.4) is 0 Å². The van der Waals surface area contributed by atoms with Crippen LogP contribution in [0.25, 0.3) is 0 Å². The first kappa shape index (κ1) is 15.0. The maximum Gasteiger partial charge on any atom is 0.0512 e. The molecule has 1 rings (SSSR count). The highest BCUT2D eigenvalue weighted by molar-refractivity contribution is 4.72. The van der Waals surface area contributed by atoms with E-state index in [1.54, 1.807) is 0 Å². The zero-order chi connectivity index (χ0) is 12.7. The van der Waals surface area contributed by atoms with Gasteiger partial charge < -0.3 is 10.0 Å². The van der Waals surface area contributed by atoms with Gasteiger partial charge in [-0.3, -0.25) is 0 Å². The summed E-state index contributed by atoms with van der Waals surface area (Å²) in [5.74, 6) is 1.79. The summed E-state index contributed by atoms with van der Waals surface area (Å²) in [4.78, 5) is 2.63. The number of likely N-dealkylation sites (tertiary alicyclic amines) is 1. The van der Waals surface area contributed by atoms with Crippen LogP contribution >= 0.6 is 0 Å². The molecule has 0 bridgehead atoms. The Kier molecular flexibility index (Phi) is 7.14. The molecule has 0 aliphatic carbocycles. The zero-order valence-corrected chi connectivity index (χ0v) is 12.0. The Balaban J connectivity index is 2.14. The quantitative estimate of drug-likeness (QED) is 0.721. The van der Waals surface area contributed by atoms with Gasteiger partial charge in [-0.25, -0.2) is 0 Å². The summed E-state index contributed by atoms with van der Waals surface area (Å²) < 4.78 is 0. The molecule has 1 aliphatic rings. The Morgan fingerprint density at radius 1 is 1.12 bits per heavy atom. The monoisotopic (exact) mass is 241 g/mol. The maximum absolute atomic E-state index is 9.22. The van der Waals surface area contributed by atoms with Crippen molar-refractivity contribution in [1.82, 2.24) is 4.90 Å². The van der Waals surface area contributed by atoms with Gasteiger partial charge in [0.15, 0.2) is 0 Å². The first-order chi connectivity index (χ1) is 8.09. The number of nitrogens with zero attached hydrogens (tertiary/aromatic N) is 1. The normalized spacial score (nSPS) is 24.9. The highest BCUT2D eigenvalue weighted by Gasteiger charge is 2.18. The molecule has 0 radical (unpaired) electrons. The molecule has 0 aromatic heterocycles. The van der Waals surface area contributed by atoms with Crippen molar-refractivity contribution in [2.75, 3.05) is 19.6 Å². The van der Waals surface area contributed by atoms with Crippen molar-refractivity contribution < 1.29 is 5.11 Å². The van der Waals surface area contributed by atoms with Gasteiger partial charge in [0.05, 0.1) is 6.10 Å². The molecule has 2 nitrogen and oxygen atoms in total. The van der Waals surface area contributed by atoms with Crippen molar-refractivity contribution in [2.24, 2.45) is 11.8 Å². The highest BCUT2D eigenvalue weighted by Crippen LogP contribution is 2.24. The van der Waals surface area contributed by atoms with E-state index in [9.17, 15) is 5.11 Å². The summed E-state index contributed by atoms with van der Waals surface area (Å²) in [6.45, 7) is 10.4.